The van der Waals surface area contributed by atoms with Crippen LogP contribution in [0.2, 0.25) is 0 Å². The lowest BCUT2D eigenvalue weighted by Gasteiger charge is -2.18. The molecular weight excluding hydrogens is 290 g/mol. The number of aliphatic hydroxyl groups is 1. The molecule has 5 nitrogen and oxygen atoms in total. The third-order valence-corrected chi connectivity index (χ3v) is 4.32. The van der Waals surface area contributed by atoms with Crippen LogP contribution in [0, 0.1) is 13.8 Å². The summed E-state index contributed by atoms with van der Waals surface area (Å²) in [5.74, 6) is 0. The highest BCUT2D eigenvalue weighted by molar-refractivity contribution is 5.42. The minimum absolute atomic E-state index is 0.0825. The average Bonchev–Trinajstić information content (AvgIpc) is 3.02. The Morgan fingerprint density at radius 1 is 1.26 bits per heavy atom. The number of β-amino-alcohol motifs (C(OH)–C–C–N with tert-alkyl or cyclic N) is 1. The summed E-state index contributed by atoms with van der Waals surface area (Å²) in [5.41, 5.74) is 4.46. The highest BCUT2D eigenvalue weighted by Crippen LogP contribution is 2.22. The minimum Gasteiger partial charge on any atom is -0.389 e. The van der Waals surface area contributed by atoms with Crippen molar-refractivity contribution >= 4 is 0 Å². The molecule has 1 N–H and O–H groups in total. The second kappa shape index (κ2) is 6.83. The number of hydrogen-bond donors (Lipinski definition) is 1. The van der Waals surface area contributed by atoms with E-state index in [4.69, 9.17) is 4.74 Å². The molecule has 124 valence electrons. The summed E-state index contributed by atoms with van der Waals surface area (Å²) < 4.78 is 7.61. The summed E-state index contributed by atoms with van der Waals surface area (Å²) in [6, 6.07) is 10.4. The molecule has 1 aliphatic heterocycles. The van der Waals surface area contributed by atoms with Crippen LogP contribution in [-0.2, 0) is 11.3 Å². The maximum atomic E-state index is 10.1. The van der Waals surface area contributed by atoms with Gasteiger partial charge in [-0.15, -0.1) is 0 Å². The van der Waals surface area contributed by atoms with Gasteiger partial charge in [-0.2, -0.15) is 5.10 Å². The van der Waals surface area contributed by atoms with Gasteiger partial charge in [0.1, 0.15) is 0 Å². The van der Waals surface area contributed by atoms with Crippen LogP contribution in [0.1, 0.15) is 23.9 Å². The Bertz CT molecular complexity index is 668. The van der Waals surface area contributed by atoms with Gasteiger partial charge in [0.05, 0.1) is 23.6 Å². The molecular formula is C18H25N3O2. The van der Waals surface area contributed by atoms with E-state index in [2.05, 4.69) is 41.2 Å². The van der Waals surface area contributed by atoms with Crippen LogP contribution in [-0.4, -0.2) is 51.7 Å². The third kappa shape index (κ3) is 3.47. The molecule has 3 rings (SSSR count). The first kappa shape index (κ1) is 16.2. The zero-order valence-electron chi connectivity index (χ0n) is 14.1. The van der Waals surface area contributed by atoms with E-state index in [0.717, 1.165) is 30.2 Å². The van der Waals surface area contributed by atoms with Crippen molar-refractivity contribution in [1.29, 1.82) is 0 Å². The number of rotatable bonds is 5. The van der Waals surface area contributed by atoms with Crippen molar-refractivity contribution < 1.29 is 9.84 Å². The van der Waals surface area contributed by atoms with Gasteiger partial charge in [-0.25, -0.2) is 4.68 Å². The monoisotopic (exact) mass is 315 g/mol. The summed E-state index contributed by atoms with van der Waals surface area (Å²) >= 11 is 0. The molecule has 0 saturated carbocycles. The fraction of sp³-hybridized carbons (Fsp3) is 0.500. The molecule has 0 unspecified atom stereocenters. The van der Waals surface area contributed by atoms with E-state index in [0.29, 0.717) is 13.2 Å². The number of nitrogens with zero attached hydrogens (tertiary/aromatic N) is 3. The van der Waals surface area contributed by atoms with E-state index in [1.54, 1.807) is 0 Å². The number of ether oxygens (including phenoxy) is 1. The van der Waals surface area contributed by atoms with Crippen molar-refractivity contribution in [3.63, 3.8) is 0 Å². The molecule has 1 aromatic heterocycles. The highest BCUT2D eigenvalue weighted by Gasteiger charge is 2.31. The molecule has 1 aromatic carbocycles. The number of aryl methyl sites for hydroxylation is 2. The van der Waals surface area contributed by atoms with Crippen molar-refractivity contribution in [3.8, 4) is 5.69 Å². The number of aromatic nitrogens is 2. The third-order valence-electron chi connectivity index (χ3n) is 4.32. The molecule has 0 amide bonds. The quantitative estimate of drug-likeness (QED) is 0.918. The largest absolute Gasteiger partial charge is 0.389 e. The van der Waals surface area contributed by atoms with Gasteiger partial charge in [0.2, 0.25) is 0 Å². The number of aliphatic hydroxyl groups excluding tert-OH is 1. The van der Waals surface area contributed by atoms with Gasteiger partial charge in [-0.1, -0.05) is 18.2 Å². The van der Waals surface area contributed by atoms with E-state index in [1.165, 1.54) is 5.56 Å². The Morgan fingerprint density at radius 3 is 2.74 bits per heavy atom. The van der Waals surface area contributed by atoms with Gasteiger partial charge in [-0.05, 0) is 38.5 Å². The normalized spacial score (nSPS) is 21.9. The molecule has 23 heavy (non-hydrogen) atoms. The SMILES string of the molecule is CCO[C@@H]1CN(Cc2ccccc2-n2nc(C)cc2C)C[C@H]1O. The lowest BCUT2D eigenvalue weighted by molar-refractivity contribution is -0.00245. The van der Waals surface area contributed by atoms with Gasteiger partial charge in [0.15, 0.2) is 0 Å². The number of hydrogen-bond acceptors (Lipinski definition) is 4. The molecule has 1 fully saturated rings. The first-order chi connectivity index (χ1) is 11.1. The summed E-state index contributed by atoms with van der Waals surface area (Å²) in [6.07, 6.45) is -0.489. The van der Waals surface area contributed by atoms with Crippen LogP contribution in [0.25, 0.3) is 5.69 Å². The van der Waals surface area contributed by atoms with Gasteiger partial charge in [0, 0.05) is 31.9 Å². The maximum Gasteiger partial charge on any atom is 0.0972 e. The fourth-order valence-corrected chi connectivity index (χ4v) is 3.30. The number of likely N-dealkylation sites (tertiary alicyclic amines) is 1. The van der Waals surface area contributed by atoms with E-state index >= 15 is 0 Å². The van der Waals surface area contributed by atoms with Crippen LogP contribution in [0.5, 0.6) is 0 Å². The Morgan fingerprint density at radius 2 is 2.04 bits per heavy atom. The molecule has 0 aliphatic carbocycles. The van der Waals surface area contributed by atoms with Gasteiger partial charge >= 0.3 is 0 Å². The van der Waals surface area contributed by atoms with Crippen molar-refractivity contribution in [2.45, 2.75) is 39.5 Å². The molecule has 5 heteroatoms. The first-order valence-electron chi connectivity index (χ1n) is 8.22. The summed E-state index contributed by atoms with van der Waals surface area (Å²) in [6.45, 7) is 8.88. The van der Waals surface area contributed by atoms with E-state index in [9.17, 15) is 5.11 Å². The standard InChI is InChI=1S/C18H25N3O2/c1-4-23-18-12-20(11-17(18)22)10-15-7-5-6-8-16(15)21-14(3)9-13(2)19-21/h5-9,17-18,22H,4,10-12H2,1-3H3/t17-,18-/m1/s1. The van der Waals surface area contributed by atoms with Crippen LogP contribution in [0.4, 0.5) is 0 Å². The van der Waals surface area contributed by atoms with Crippen LogP contribution < -0.4 is 0 Å². The maximum absolute atomic E-state index is 10.1. The molecule has 1 saturated heterocycles. The summed E-state index contributed by atoms with van der Waals surface area (Å²) in [7, 11) is 0. The lowest BCUT2D eigenvalue weighted by Crippen LogP contribution is -2.26. The molecule has 1 aliphatic rings. The van der Waals surface area contributed by atoms with Crippen molar-refractivity contribution in [1.82, 2.24) is 14.7 Å². The lowest BCUT2D eigenvalue weighted by atomic mass is 10.1. The molecule has 2 atom stereocenters. The Balaban J connectivity index is 1.81. The van der Waals surface area contributed by atoms with Crippen molar-refractivity contribution in [3.05, 3.63) is 47.3 Å². The molecule has 0 spiro atoms. The topological polar surface area (TPSA) is 50.5 Å². The Hall–Kier alpha value is -1.69. The van der Waals surface area contributed by atoms with E-state index in [-0.39, 0.29) is 6.10 Å². The van der Waals surface area contributed by atoms with Crippen molar-refractivity contribution in [2.75, 3.05) is 19.7 Å². The first-order valence-corrected chi connectivity index (χ1v) is 8.22. The van der Waals surface area contributed by atoms with Crippen LogP contribution in [0.3, 0.4) is 0 Å². The fourth-order valence-electron chi connectivity index (χ4n) is 3.30. The second-order valence-corrected chi connectivity index (χ2v) is 6.22. The second-order valence-electron chi connectivity index (χ2n) is 6.22. The molecule has 2 aromatic rings. The predicted octanol–water partition coefficient (Wildman–Crippen LogP) is 2.07. The molecule has 2 heterocycles. The average molecular weight is 315 g/mol. The van der Waals surface area contributed by atoms with E-state index in [1.807, 2.05) is 24.6 Å². The smallest absolute Gasteiger partial charge is 0.0972 e. The number of para-hydroxylation sites is 1. The highest BCUT2D eigenvalue weighted by atomic mass is 16.5. The van der Waals surface area contributed by atoms with Gasteiger partial charge < -0.3 is 9.84 Å². The zero-order valence-corrected chi connectivity index (χ0v) is 14.1. The summed E-state index contributed by atoms with van der Waals surface area (Å²) in [5, 5.41) is 14.7. The molecule has 0 bridgehead atoms. The Labute approximate surface area is 137 Å². The van der Waals surface area contributed by atoms with Gasteiger partial charge in [-0.3, -0.25) is 4.90 Å². The minimum atomic E-state index is -0.407. The molecule has 0 radical (unpaired) electrons. The van der Waals surface area contributed by atoms with E-state index < -0.39 is 6.10 Å². The zero-order chi connectivity index (χ0) is 16.4. The van der Waals surface area contributed by atoms with Crippen molar-refractivity contribution in [2.24, 2.45) is 0 Å². The Kier molecular flexibility index (Phi) is 4.80. The van der Waals surface area contributed by atoms with Crippen LogP contribution in [0.15, 0.2) is 30.3 Å². The predicted molar refractivity (Wildman–Crippen MR) is 89.7 cm³/mol. The van der Waals surface area contributed by atoms with Gasteiger partial charge in [0.25, 0.3) is 0 Å². The summed E-state index contributed by atoms with van der Waals surface area (Å²) in [4.78, 5) is 2.25. The van der Waals surface area contributed by atoms with Crippen LogP contribution >= 0.6 is 0 Å². The number of benzene rings is 1.